The van der Waals surface area contributed by atoms with E-state index in [2.05, 4.69) is 77.4 Å². The van der Waals surface area contributed by atoms with Crippen LogP contribution in [0.4, 0.5) is 0 Å². The van der Waals surface area contributed by atoms with E-state index in [0.717, 1.165) is 0 Å². The second kappa shape index (κ2) is 5.16. The zero-order valence-corrected chi connectivity index (χ0v) is 17.2. The smallest absolute Gasteiger partial charge is 0.0830 e. The molecule has 1 aliphatic rings. The molecular formula is C17H29PSi2. The van der Waals surface area contributed by atoms with Crippen LogP contribution in [-0.4, -0.2) is 16.1 Å². The molecular weight excluding hydrogens is 291 g/mol. The summed E-state index contributed by atoms with van der Waals surface area (Å²) in [7, 11) is -2.64. The lowest BCUT2D eigenvalue weighted by molar-refractivity contribution is 1.37. The van der Waals surface area contributed by atoms with Crippen molar-refractivity contribution in [2.45, 2.75) is 58.8 Å². The number of rotatable bonds is 3. The van der Waals surface area contributed by atoms with E-state index >= 15 is 0 Å². The van der Waals surface area contributed by atoms with Crippen LogP contribution in [0.25, 0.3) is 0 Å². The normalized spacial score (nSPS) is 16.4. The molecule has 1 aromatic heterocycles. The third-order valence-electron chi connectivity index (χ3n) is 4.20. The lowest BCUT2D eigenvalue weighted by Crippen LogP contribution is -2.40. The van der Waals surface area contributed by atoms with E-state index in [1.54, 1.807) is 11.1 Å². The molecule has 0 atom stereocenters. The first-order valence-electron chi connectivity index (χ1n) is 7.62. The highest BCUT2D eigenvalue weighted by Gasteiger charge is 2.35. The zero-order chi connectivity index (χ0) is 15.3. The van der Waals surface area contributed by atoms with Gasteiger partial charge in [0, 0.05) is 5.66 Å². The van der Waals surface area contributed by atoms with Crippen LogP contribution >= 0.6 is 7.53 Å². The predicted molar refractivity (Wildman–Crippen MR) is 102 cm³/mol. The maximum atomic E-state index is 2.53. The van der Waals surface area contributed by atoms with Crippen LogP contribution in [0.5, 0.6) is 0 Å². The zero-order valence-electron chi connectivity index (χ0n) is 14.3. The highest BCUT2D eigenvalue weighted by Crippen LogP contribution is 2.45. The van der Waals surface area contributed by atoms with Gasteiger partial charge in [0.25, 0.3) is 0 Å². The fourth-order valence-electron chi connectivity index (χ4n) is 3.57. The van der Waals surface area contributed by atoms with Crippen LogP contribution in [0.2, 0.25) is 39.3 Å². The van der Waals surface area contributed by atoms with Gasteiger partial charge in [-0.2, -0.15) is 0 Å². The molecule has 3 heteroatoms. The summed E-state index contributed by atoms with van der Waals surface area (Å²) in [5.41, 5.74) is 3.98. The van der Waals surface area contributed by atoms with Crippen molar-refractivity contribution in [1.29, 1.82) is 0 Å². The van der Waals surface area contributed by atoms with Crippen LogP contribution < -0.4 is 9.84 Å². The first-order valence-corrected chi connectivity index (χ1v) is 16.0. The molecule has 20 heavy (non-hydrogen) atoms. The monoisotopic (exact) mass is 320 g/mol. The third-order valence-corrected chi connectivity index (χ3v) is 15.8. The summed E-state index contributed by atoms with van der Waals surface area (Å²) in [5.74, 6) is 0. The van der Waals surface area contributed by atoms with Gasteiger partial charge in [0.1, 0.15) is 0 Å². The molecule has 0 fully saturated rings. The van der Waals surface area contributed by atoms with Crippen molar-refractivity contribution >= 4 is 33.5 Å². The first kappa shape index (κ1) is 16.1. The number of allylic oxidation sites excluding steroid dienone is 4. The third kappa shape index (κ3) is 2.71. The SMILES string of the molecule is Cc1c(C)c([Si](C)(C)C)p(C2C=CC=C2)c1[Si](C)(C)C. The lowest BCUT2D eigenvalue weighted by Gasteiger charge is -2.26. The average Bonchev–Trinajstić information content (AvgIpc) is 2.83. The summed E-state index contributed by atoms with van der Waals surface area (Å²) in [5, 5.41) is 0. The van der Waals surface area contributed by atoms with Crippen LogP contribution in [-0.2, 0) is 0 Å². The van der Waals surface area contributed by atoms with E-state index in [0.29, 0.717) is 5.66 Å². The minimum Gasteiger partial charge on any atom is -0.115 e. The molecule has 0 amide bonds. The van der Waals surface area contributed by atoms with Crippen molar-refractivity contribution < 1.29 is 0 Å². The minimum atomic E-state index is -1.26. The second-order valence-corrected chi connectivity index (χ2v) is 21.1. The van der Waals surface area contributed by atoms with Crippen molar-refractivity contribution in [2.75, 3.05) is 0 Å². The Bertz CT molecular complexity index is 528. The van der Waals surface area contributed by atoms with E-state index in [-0.39, 0.29) is 7.53 Å². The fourth-order valence-corrected chi connectivity index (χ4v) is 16.3. The van der Waals surface area contributed by atoms with Gasteiger partial charge in [0.05, 0.1) is 16.1 Å². The van der Waals surface area contributed by atoms with Gasteiger partial charge in [-0.25, -0.2) is 0 Å². The second-order valence-electron chi connectivity index (χ2n) is 8.08. The lowest BCUT2D eigenvalue weighted by atomic mass is 10.2. The summed E-state index contributed by atoms with van der Waals surface area (Å²) >= 11 is 0. The molecule has 2 rings (SSSR count). The Labute approximate surface area is 128 Å². The molecule has 0 spiro atoms. The van der Waals surface area contributed by atoms with Gasteiger partial charge in [-0.05, 0) is 34.8 Å². The molecule has 0 saturated heterocycles. The van der Waals surface area contributed by atoms with Gasteiger partial charge in [-0.15, -0.1) is 7.53 Å². The molecule has 110 valence electrons. The van der Waals surface area contributed by atoms with Crippen molar-refractivity contribution in [1.82, 2.24) is 0 Å². The van der Waals surface area contributed by atoms with Crippen LogP contribution in [0.3, 0.4) is 0 Å². The van der Waals surface area contributed by atoms with Crippen LogP contribution in [0.1, 0.15) is 16.8 Å². The van der Waals surface area contributed by atoms with E-state index in [4.69, 9.17) is 0 Å². The largest absolute Gasteiger partial charge is 0.115 e. The first-order chi connectivity index (χ1) is 9.05. The summed E-state index contributed by atoms with van der Waals surface area (Å²) in [6.45, 7) is 20.0. The van der Waals surface area contributed by atoms with Crippen LogP contribution in [0.15, 0.2) is 24.3 Å². The van der Waals surface area contributed by atoms with Crippen molar-refractivity contribution in [2.24, 2.45) is 0 Å². The molecule has 1 heterocycles. The molecule has 0 N–H and O–H groups in total. The van der Waals surface area contributed by atoms with Crippen LogP contribution in [0, 0.1) is 13.8 Å². The van der Waals surface area contributed by atoms with Gasteiger partial charge < -0.3 is 0 Å². The topological polar surface area (TPSA) is 0 Å². The Morgan fingerprint density at radius 1 is 0.750 bits per heavy atom. The number of hydrogen-bond acceptors (Lipinski definition) is 0. The van der Waals surface area contributed by atoms with Gasteiger partial charge in [-0.1, -0.05) is 63.6 Å². The minimum absolute atomic E-state index is 0.119. The van der Waals surface area contributed by atoms with Gasteiger partial charge in [0.15, 0.2) is 0 Å². The average molecular weight is 321 g/mol. The van der Waals surface area contributed by atoms with Gasteiger partial charge >= 0.3 is 0 Å². The van der Waals surface area contributed by atoms with Crippen molar-refractivity contribution in [3.05, 3.63) is 35.4 Å². The summed E-state index contributed by atoms with van der Waals surface area (Å²) < 4.78 is 0. The molecule has 0 bridgehead atoms. The standard InChI is InChI=1S/C17H29PSi2/c1-13-14(2)17(20(6,7)8)18(15-11-9-10-12-15)16(13)19(3,4)5/h9-12,15H,1-8H3. The van der Waals surface area contributed by atoms with E-state index in [1.807, 2.05) is 9.84 Å². The molecule has 0 nitrogen and oxygen atoms in total. The van der Waals surface area contributed by atoms with Gasteiger partial charge in [-0.3, -0.25) is 0 Å². The molecule has 0 saturated carbocycles. The van der Waals surface area contributed by atoms with Crippen molar-refractivity contribution in [3.8, 4) is 0 Å². The quantitative estimate of drug-likeness (QED) is 0.684. The van der Waals surface area contributed by atoms with E-state index < -0.39 is 16.1 Å². The predicted octanol–water partition coefficient (Wildman–Crippen LogP) is 5.05. The highest BCUT2D eigenvalue weighted by atomic mass is 31.1. The molecule has 0 radical (unpaired) electrons. The molecule has 0 unspecified atom stereocenters. The Hall–Kier alpha value is -0.306. The van der Waals surface area contributed by atoms with E-state index in [1.165, 1.54) is 0 Å². The molecule has 0 aromatic carbocycles. The Kier molecular flexibility index (Phi) is 4.14. The van der Waals surface area contributed by atoms with Gasteiger partial charge in [0.2, 0.25) is 0 Å². The molecule has 1 aromatic rings. The summed E-state index contributed by atoms with van der Waals surface area (Å²) in [6.07, 6.45) is 9.38. The Morgan fingerprint density at radius 2 is 1.10 bits per heavy atom. The number of hydrogen-bond donors (Lipinski definition) is 0. The maximum Gasteiger partial charge on any atom is 0.0830 e. The molecule has 0 aliphatic heterocycles. The Balaban J connectivity index is 2.82. The van der Waals surface area contributed by atoms with Crippen molar-refractivity contribution in [3.63, 3.8) is 0 Å². The fraction of sp³-hybridized carbons (Fsp3) is 0.529. The summed E-state index contributed by atoms with van der Waals surface area (Å²) in [4.78, 5) is 3.76. The highest BCUT2D eigenvalue weighted by molar-refractivity contribution is 7.65. The summed E-state index contributed by atoms with van der Waals surface area (Å²) in [6, 6.07) is 0. The van der Waals surface area contributed by atoms with E-state index in [9.17, 15) is 0 Å². The Morgan fingerprint density at radius 3 is 1.40 bits per heavy atom. The molecule has 1 aliphatic carbocycles. The maximum absolute atomic E-state index is 2.53.